The Labute approximate surface area is 341 Å². The van der Waals surface area contributed by atoms with E-state index in [9.17, 15) is 52.0 Å². The van der Waals surface area contributed by atoms with Gasteiger partial charge in [0.1, 0.15) is 18.1 Å². The highest BCUT2D eigenvalue weighted by Crippen LogP contribution is 2.37. The van der Waals surface area contributed by atoms with Crippen LogP contribution in [0.15, 0.2) is 42.5 Å². The number of carbonyl (C=O) groups is 7. The van der Waals surface area contributed by atoms with Gasteiger partial charge in [0.15, 0.2) is 0 Å². The first-order valence-corrected chi connectivity index (χ1v) is 20.6. The standard InChI is InChI=1S/C40H38F2N5O10PS/c41-40(42,57-58-56)24-11-15-31-23(17-24)18-32(59-31)36(51)43-28-21-45(19-25-12-13-30(39(54)55)47(25)38(28)53)34(49)10-5-3-1-2-4-7-22-8-6-9-26-27(22)20-46(37(26)52)29-14-16-33(48)44-35(29)50/h6,8-9,11,15,17-18,25,28-30H,1-3,5,10,12-14,16,19-21H2,(H,43,51)(H,54,55)(H,44,48,50)/t25-,28+,29?,30+/m1/s1. The maximum absolute atomic E-state index is 14.2. The summed E-state index contributed by atoms with van der Waals surface area (Å²) in [7, 11) is -1.21. The number of alkyl halides is 2. The fraction of sp³-hybridized carbons (Fsp3) is 0.425. The first kappa shape index (κ1) is 41.5. The Balaban J connectivity index is 0.956. The zero-order valence-electron chi connectivity index (χ0n) is 31.4. The second-order valence-corrected chi connectivity index (χ2v) is 16.2. The molecule has 0 aliphatic carbocycles. The summed E-state index contributed by atoms with van der Waals surface area (Å²) in [5.41, 5.74) is 1.31. The van der Waals surface area contributed by atoms with Crippen LogP contribution in [0, 0.1) is 11.8 Å². The Morgan fingerprint density at radius 2 is 1.85 bits per heavy atom. The lowest BCUT2D eigenvalue weighted by atomic mass is 10.0. The minimum atomic E-state index is -3.84. The van der Waals surface area contributed by atoms with Crippen molar-refractivity contribution in [3.8, 4) is 11.8 Å². The van der Waals surface area contributed by atoms with E-state index >= 15 is 0 Å². The minimum Gasteiger partial charge on any atom is -0.480 e. The predicted octanol–water partition coefficient (Wildman–Crippen LogP) is 4.32. The number of fused-ring (bicyclic) bond motifs is 3. The predicted molar refractivity (Wildman–Crippen MR) is 206 cm³/mol. The van der Waals surface area contributed by atoms with E-state index in [1.165, 1.54) is 26.8 Å². The Morgan fingerprint density at radius 3 is 2.61 bits per heavy atom. The fourth-order valence-corrected chi connectivity index (χ4v) is 9.25. The first-order chi connectivity index (χ1) is 28.2. The van der Waals surface area contributed by atoms with Gasteiger partial charge in [-0.2, -0.15) is 8.78 Å². The maximum Gasteiger partial charge on any atom is 0.393 e. The van der Waals surface area contributed by atoms with Gasteiger partial charge in [0, 0.05) is 54.7 Å². The smallest absolute Gasteiger partial charge is 0.393 e. The van der Waals surface area contributed by atoms with E-state index in [1.54, 1.807) is 12.1 Å². The van der Waals surface area contributed by atoms with Crippen molar-refractivity contribution in [2.45, 2.75) is 94.6 Å². The number of unbranched alkanes of at least 4 members (excludes halogenated alkanes) is 3. The molecule has 4 aliphatic rings. The van der Waals surface area contributed by atoms with Gasteiger partial charge in [0.2, 0.25) is 23.6 Å². The summed E-state index contributed by atoms with van der Waals surface area (Å²) in [5.74, 6) is 2.37. The summed E-state index contributed by atoms with van der Waals surface area (Å²) in [4.78, 5) is 94.5. The topological polar surface area (TPSA) is 200 Å². The lowest BCUT2D eigenvalue weighted by Gasteiger charge is -2.29. The SMILES string of the molecule is O=POC(F)(F)c1ccc2sc(C(=O)N[C@H]3CN(C(=O)CCCCCC#Cc4cccc5c4CN(C4CCC(=O)NC4=O)C5=O)C[C@H]4CC[C@@H](C(=O)O)N4C3=O)cc2c1. The normalized spacial score (nSPS) is 21.8. The van der Waals surface area contributed by atoms with Crippen molar-refractivity contribution >= 4 is 71.5 Å². The second kappa shape index (κ2) is 17.3. The molecule has 3 aromatic rings. The summed E-state index contributed by atoms with van der Waals surface area (Å²) < 4.78 is 43.5. The van der Waals surface area contributed by atoms with Gasteiger partial charge in [-0.1, -0.05) is 24.3 Å². The van der Waals surface area contributed by atoms with E-state index in [4.69, 9.17) is 0 Å². The number of aliphatic carboxylic acids is 1. The number of nitrogens with zero attached hydrogens (tertiary/aromatic N) is 3. The molecule has 3 saturated heterocycles. The molecule has 0 saturated carbocycles. The number of nitrogens with one attached hydrogen (secondary N) is 2. The summed E-state index contributed by atoms with van der Waals surface area (Å²) in [6.45, 7) is 0.125. The lowest BCUT2D eigenvalue weighted by molar-refractivity contribution is -0.178. The first-order valence-electron chi connectivity index (χ1n) is 19.1. The Hall–Kier alpha value is -5.63. The van der Waals surface area contributed by atoms with Gasteiger partial charge >= 0.3 is 20.8 Å². The van der Waals surface area contributed by atoms with Crippen LogP contribution in [0.2, 0.25) is 0 Å². The Kier molecular flexibility index (Phi) is 12.2. The number of carboxylic acid groups (broad SMARTS) is 1. The molecule has 2 aromatic carbocycles. The minimum absolute atomic E-state index is 0.0912. The van der Waals surface area contributed by atoms with Crippen molar-refractivity contribution in [3.05, 3.63) is 69.6 Å². The van der Waals surface area contributed by atoms with Crippen LogP contribution >= 0.6 is 20.0 Å². The van der Waals surface area contributed by atoms with Gasteiger partial charge in [0.25, 0.3) is 11.8 Å². The number of imide groups is 1. The largest absolute Gasteiger partial charge is 0.480 e. The molecule has 15 nitrogen and oxygen atoms in total. The highest BCUT2D eigenvalue weighted by atomic mass is 32.1. The molecule has 6 amide bonds. The van der Waals surface area contributed by atoms with E-state index in [0.29, 0.717) is 47.9 Å². The number of carboxylic acids is 1. The third-order valence-corrected chi connectivity index (χ3v) is 12.5. The van der Waals surface area contributed by atoms with Crippen molar-refractivity contribution in [2.24, 2.45) is 0 Å². The molecule has 0 radical (unpaired) electrons. The number of rotatable bonds is 12. The molecular weight excluding hydrogens is 812 g/mol. The quantitative estimate of drug-likeness (QED) is 0.102. The number of carbonyl (C=O) groups excluding carboxylic acids is 6. The third-order valence-electron chi connectivity index (χ3n) is 11.1. The van der Waals surface area contributed by atoms with Crippen molar-refractivity contribution in [1.29, 1.82) is 0 Å². The van der Waals surface area contributed by atoms with E-state index < -0.39 is 68.2 Å². The molecule has 3 fully saturated rings. The van der Waals surface area contributed by atoms with Crippen LogP contribution in [0.1, 0.15) is 94.5 Å². The number of benzene rings is 2. The molecular formula is C40H38F2N5O10PS. The van der Waals surface area contributed by atoms with E-state index in [-0.39, 0.29) is 73.3 Å². The molecule has 0 bridgehead atoms. The van der Waals surface area contributed by atoms with E-state index in [2.05, 4.69) is 27.0 Å². The number of thiophene rings is 1. The van der Waals surface area contributed by atoms with Gasteiger partial charge in [-0.3, -0.25) is 34.1 Å². The van der Waals surface area contributed by atoms with Crippen LogP contribution in [0.3, 0.4) is 0 Å². The molecule has 19 heteroatoms. The van der Waals surface area contributed by atoms with Crippen LogP contribution in [-0.2, 0) is 45.7 Å². The molecule has 1 unspecified atom stereocenters. The maximum atomic E-state index is 14.2. The summed E-state index contributed by atoms with van der Waals surface area (Å²) in [5, 5.41) is 15.1. The van der Waals surface area contributed by atoms with Crippen molar-refractivity contribution in [2.75, 3.05) is 13.1 Å². The molecule has 1 aromatic heterocycles. The van der Waals surface area contributed by atoms with Crippen molar-refractivity contribution < 1.29 is 56.5 Å². The Morgan fingerprint density at radius 1 is 1.03 bits per heavy atom. The monoisotopic (exact) mass is 849 g/mol. The molecule has 308 valence electrons. The summed E-state index contributed by atoms with van der Waals surface area (Å²) >= 11 is 0.985. The molecule has 7 rings (SSSR count). The highest BCUT2D eigenvalue weighted by molar-refractivity contribution is 7.20. The van der Waals surface area contributed by atoms with Crippen LogP contribution in [-0.4, -0.2) is 98.5 Å². The average Bonchev–Trinajstić information content (AvgIpc) is 3.90. The molecule has 3 N–H and O–H groups in total. The zero-order valence-corrected chi connectivity index (χ0v) is 33.1. The number of halogens is 2. The van der Waals surface area contributed by atoms with Crippen LogP contribution in [0.4, 0.5) is 8.78 Å². The zero-order chi connectivity index (χ0) is 42.0. The van der Waals surface area contributed by atoms with Crippen molar-refractivity contribution in [1.82, 2.24) is 25.3 Å². The third kappa shape index (κ3) is 8.73. The molecule has 5 heterocycles. The van der Waals surface area contributed by atoms with Gasteiger partial charge in [-0.25, -0.2) is 13.9 Å². The molecule has 4 atom stereocenters. The highest BCUT2D eigenvalue weighted by Gasteiger charge is 2.47. The number of hydrogen-bond donors (Lipinski definition) is 3. The van der Waals surface area contributed by atoms with Crippen LogP contribution < -0.4 is 10.6 Å². The molecule has 0 spiro atoms. The van der Waals surface area contributed by atoms with Crippen LogP contribution in [0.5, 0.6) is 0 Å². The number of hydrogen-bond acceptors (Lipinski definition) is 10. The van der Waals surface area contributed by atoms with E-state index in [0.717, 1.165) is 29.0 Å². The Bertz CT molecular complexity index is 2330. The van der Waals surface area contributed by atoms with E-state index in [1.807, 2.05) is 6.07 Å². The van der Waals surface area contributed by atoms with Gasteiger partial charge in [0.05, 0.1) is 16.5 Å². The average molecular weight is 850 g/mol. The molecule has 4 aliphatic heterocycles. The molecule has 59 heavy (non-hydrogen) atoms. The van der Waals surface area contributed by atoms with Crippen LogP contribution in [0.25, 0.3) is 10.1 Å². The summed E-state index contributed by atoms with van der Waals surface area (Å²) in [6, 6.07) is 6.47. The van der Waals surface area contributed by atoms with Crippen molar-refractivity contribution in [3.63, 3.8) is 0 Å². The number of piperidine rings is 1. The van der Waals surface area contributed by atoms with Gasteiger partial charge in [-0.05, 0) is 79.5 Å². The number of amides is 6. The summed E-state index contributed by atoms with van der Waals surface area (Å²) in [6.07, 6.45) is -0.391. The lowest BCUT2D eigenvalue weighted by Crippen LogP contribution is -2.54. The van der Waals surface area contributed by atoms with Gasteiger partial charge < -0.3 is 25.1 Å². The fourth-order valence-electron chi connectivity index (χ4n) is 8.11. The van der Waals surface area contributed by atoms with Gasteiger partial charge in [-0.15, -0.1) is 11.3 Å². The second-order valence-electron chi connectivity index (χ2n) is 14.8.